The molecule has 0 bridgehead atoms. The van der Waals surface area contributed by atoms with Gasteiger partial charge in [-0.1, -0.05) is 71.9 Å². The zero-order valence-electron chi connectivity index (χ0n) is 13.6. The number of oxime groups is 1. The van der Waals surface area contributed by atoms with Crippen LogP contribution in [0, 0.1) is 0 Å². The topological polar surface area (TPSA) is 43.7 Å². The summed E-state index contributed by atoms with van der Waals surface area (Å²) in [5.41, 5.74) is 2.75. The highest BCUT2D eigenvalue weighted by Gasteiger charge is 2.06. The Balaban J connectivity index is 0.00000225. The fraction of sp³-hybridized carbons (Fsp3) is 0.100. The van der Waals surface area contributed by atoms with E-state index in [2.05, 4.69) is 10.1 Å². The first-order valence-electron chi connectivity index (χ1n) is 7.74. The molecule has 0 aliphatic heterocycles. The molecule has 0 atom stereocenters. The third-order valence-electron chi connectivity index (χ3n) is 3.35. The third-order valence-corrected chi connectivity index (χ3v) is 3.35. The van der Waals surface area contributed by atoms with Crippen molar-refractivity contribution in [2.75, 3.05) is 6.61 Å². The number of rotatable bonds is 7. The number of nitrogens with zero attached hydrogens (tertiary/aromatic N) is 2. The normalized spacial score (nSPS) is 10.6. The van der Waals surface area contributed by atoms with Crippen molar-refractivity contribution in [2.24, 2.45) is 5.16 Å². The van der Waals surface area contributed by atoms with Crippen LogP contribution < -0.4 is 4.74 Å². The third kappa shape index (κ3) is 5.94. The first-order chi connectivity index (χ1) is 11.9. The molecule has 0 fully saturated rings. The van der Waals surface area contributed by atoms with Crippen LogP contribution >= 0.6 is 12.4 Å². The Labute approximate surface area is 153 Å². The molecule has 25 heavy (non-hydrogen) atoms. The molecule has 0 amide bonds. The Hall–Kier alpha value is -2.85. The van der Waals surface area contributed by atoms with Crippen molar-refractivity contribution in [3.8, 4) is 5.88 Å². The van der Waals surface area contributed by atoms with Crippen LogP contribution in [0.5, 0.6) is 5.88 Å². The Morgan fingerprint density at radius 3 is 2.20 bits per heavy atom. The first kappa shape index (κ1) is 18.5. The lowest BCUT2D eigenvalue weighted by Crippen LogP contribution is -2.14. The Bertz CT molecular complexity index is 765. The molecule has 0 unspecified atom stereocenters. The van der Waals surface area contributed by atoms with E-state index in [1.54, 1.807) is 6.20 Å². The lowest BCUT2D eigenvalue weighted by molar-refractivity contribution is 0.129. The van der Waals surface area contributed by atoms with E-state index >= 15 is 0 Å². The molecular formula is C20H19ClN2O2. The summed E-state index contributed by atoms with van der Waals surface area (Å²) >= 11 is 0. The van der Waals surface area contributed by atoms with E-state index in [4.69, 9.17) is 9.57 Å². The van der Waals surface area contributed by atoms with E-state index in [0.717, 1.165) is 16.8 Å². The van der Waals surface area contributed by atoms with E-state index < -0.39 is 0 Å². The molecule has 0 saturated heterocycles. The second-order valence-electron chi connectivity index (χ2n) is 5.12. The van der Waals surface area contributed by atoms with E-state index in [0.29, 0.717) is 12.5 Å². The van der Waals surface area contributed by atoms with E-state index in [-0.39, 0.29) is 19.0 Å². The van der Waals surface area contributed by atoms with Gasteiger partial charge in [-0.25, -0.2) is 4.98 Å². The fourth-order valence-corrected chi connectivity index (χ4v) is 2.13. The monoisotopic (exact) mass is 354 g/mol. The van der Waals surface area contributed by atoms with Gasteiger partial charge in [0.25, 0.3) is 0 Å². The zero-order chi connectivity index (χ0) is 16.5. The molecule has 3 rings (SSSR count). The van der Waals surface area contributed by atoms with Crippen molar-refractivity contribution in [3.63, 3.8) is 0 Å². The summed E-state index contributed by atoms with van der Waals surface area (Å²) in [5, 5.41) is 4.27. The molecule has 0 radical (unpaired) electrons. The Morgan fingerprint density at radius 2 is 1.52 bits per heavy atom. The number of aromatic nitrogens is 1. The van der Waals surface area contributed by atoms with Gasteiger partial charge in [0.2, 0.25) is 5.88 Å². The molecule has 0 aliphatic rings. The molecule has 1 aromatic heterocycles. The summed E-state index contributed by atoms with van der Waals surface area (Å²) < 4.78 is 5.70. The van der Waals surface area contributed by atoms with Crippen LogP contribution in [0.25, 0.3) is 0 Å². The molecule has 3 aromatic rings. The van der Waals surface area contributed by atoms with Crippen LogP contribution in [-0.4, -0.2) is 17.3 Å². The van der Waals surface area contributed by atoms with E-state index in [1.165, 1.54) is 0 Å². The van der Waals surface area contributed by atoms with Crippen LogP contribution in [0.1, 0.15) is 11.1 Å². The summed E-state index contributed by atoms with van der Waals surface area (Å²) in [6.07, 6.45) is 1.70. The summed E-state index contributed by atoms with van der Waals surface area (Å²) in [4.78, 5) is 9.67. The van der Waals surface area contributed by atoms with E-state index in [9.17, 15) is 0 Å². The fourth-order valence-electron chi connectivity index (χ4n) is 2.13. The average Bonchev–Trinajstić information content (AvgIpc) is 2.67. The highest BCUT2D eigenvalue weighted by atomic mass is 35.5. The highest BCUT2D eigenvalue weighted by Crippen LogP contribution is 2.08. The van der Waals surface area contributed by atoms with Crippen LogP contribution in [0.2, 0.25) is 0 Å². The van der Waals surface area contributed by atoms with Gasteiger partial charge in [-0.05, 0) is 11.6 Å². The predicted molar refractivity (Wildman–Crippen MR) is 101 cm³/mol. The molecule has 0 saturated carbocycles. The molecule has 0 N–H and O–H groups in total. The van der Waals surface area contributed by atoms with E-state index in [1.807, 2.05) is 78.9 Å². The van der Waals surface area contributed by atoms with Crippen LogP contribution in [-0.2, 0) is 11.4 Å². The predicted octanol–water partition coefficient (Wildman–Crippen LogP) is 4.50. The number of benzene rings is 2. The lowest BCUT2D eigenvalue weighted by atomic mass is 10.1. The second kappa shape index (κ2) is 10.1. The van der Waals surface area contributed by atoms with Gasteiger partial charge in [-0.15, -0.1) is 12.4 Å². The van der Waals surface area contributed by atoms with Crippen molar-refractivity contribution in [1.29, 1.82) is 0 Å². The number of ether oxygens (including phenoxy) is 1. The lowest BCUT2D eigenvalue weighted by Gasteiger charge is -2.09. The Morgan fingerprint density at radius 1 is 0.840 bits per heavy atom. The Kier molecular flexibility index (Phi) is 7.47. The second-order valence-corrected chi connectivity index (χ2v) is 5.12. The van der Waals surface area contributed by atoms with Crippen molar-refractivity contribution in [3.05, 3.63) is 96.2 Å². The molecule has 128 valence electrons. The molecule has 4 nitrogen and oxygen atoms in total. The first-order valence-corrected chi connectivity index (χ1v) is 7.74. The van der Waals surface area contributed by atoms with Gasteiger partial charge < -0.3 is 9.57 Å². The quantitative estimate of drug-likeness (QED) is 0.463. The van der Waals surface area contributed by atoms with Crippen LogP contribution in [0.15, 0.2) is 90.2 Å². The minimum atomic E-state index is 0. The van der Waals surface area contributed by atoms with Crippen molar-refractivity contribution in [2.45, 2.75) is 6.61 Å². The van der Waals surface area contributed by atoms with Crippen molar-refractivity contribution >= 4 is 18.1 Å². The molecular weight excluding hydrogens is 336 g/mol. The minimum Gasteiger partial charge on any atom is -0.471 e. The molecule has 1 heterocycles. The van der Waals surface area contributed by atoms with Gasteiger partial charge in [-0.2, -0.15) is 0 Å². The highest BCUT2D eigenvalue weighted by molar-refractivity contribution is 6.01. The van der Waals surface area contributed by atoms with Crippen molar-refractivity contribution in [1.82, 2.24) is 4.98 Å². The smallest absolute Gasteiger partial charge is 0.213 e. The largest absolute Gasteiger partial charge is 0.471 e. The van der Waals surface area contributed by atoms with Crippen LogP contribution in [0.3, 0.4) is 0 Å². The SMILES string of the molecule is Cl.c1ccc(CON=C(COc2ccccn2)c2ccccc2)cc1. The maximum absolute atomic E-state index is 5.70. The number of pyridine rings is 1. The van der Waals surface area contributed by atoms with Gasteiger partial charge in [0.1, 0.15) is 18.9 Å². The number of hydrogen-bond acceptors (Lipinski definition) is 4. The van der Waals surface area contributed by atoms with Gasteiger partial charge in [-0.3, -0.25) is 0 Å². The molecule has 2 aromatic carbocycles. The minimum absolute atomic E-state index is 0. The average molecular weight is 355 g/mol. The van der Waals surface area contributed by atoms with Crippen molar-refractivity contribution < 1.29 is 9.57 Å². The number of hydrogen-bond donors (Lipinski definition) is 0. The summed E-state index contributed by atoms with van der Waals surface area (Å²) in [6.45, 7) is 0.705. The molecule has 0 spiro atoms. The standard InChI is InChI=1S/C20H18N2O2.ClH/c1-3-9-17(10-4-1)15-24-22-19(18-11-5-2-6-12-18)16-23-20-13-7-8-14-21-20;/h1-14H,15-16H2;1H. The molecule has 5 heteroatoms. The summed E-state index contributed by atoms with van der Waals surface area (Å²) in [6, 6.07) is 25.3. The summed E-state index contributed by atoms with van der Waals surface area (Å²) in [7, 11) is 0. The van der Waals surface area contributed by atoms with Gasteiger partial charge in [0.05, 0.1) is 0 Å². The maximum atomic E-state index is 5.70. The maximum Gasteiger partial charge on any atom is 0.213 e. The zero-order valence-corrected chi connectivity index (χ0v) is 14.4. The number of halogens is 1. The molecule has 0 aliphatic carbocycles. The van der Waals surface area contributed by atoms with Gasteiger partial charge >= 0.3 is 0 Å². The van der Waals surface area contributed by atoms with Gasteiger partial charge in [0, 0.05) is 17.8 Å². The van der Waals surface area contributed by atoms with Gasteiger partial charge in [0.15, 0.2) is 0 Å². The summed E-state index contributed by atoms with van der Waals surface area (Å²) in [5.74, 6) is 0.559. The van der Waals surface area contributed by atoms with Crippen LogP contribution in [0.4, 0.5) is 0 Å².